The number of allylic oxidation sites excluding steroid dienone is 4. The van der Waals surface area contributed by atoms with Crippen LogP contribution in [0.15, 0.2) is 23.8 Å². The zero-order valence-electron chi connectivity index (χ0n) is 19.4. The van der Waals surface area contributed by atoms with Crippen LogP contribution in [0.2, 0.25) is 0 Å². The highest BCUT2D eigenvalue weighted by Gasteiger charge is 2.65. The number of ketones is 1. The molecule has 0 aromatic carbocycles. The second kappa shape index (κ2) is 7.53. The lowest BCUT2D eigenvalue weighted by Gasteiger charge is -2.58. The molecule has 1 amide bonds. The number of carbonyl (C=O) groups excluding carboxylic acids is 2. The summed E-state index contributed by atoms with van der Waals surface area (Å²) in [7, 11) is 0. The molecule has 30 heavy (non-hydrogen) atoms. The third kappa shape index (κ3) is 3.08. The molecule has 3 saturated carbocycles. The van der Waals surface area contributed by atoms with Crippen molar-refractivity contribution in [1.82, 2.24) is 5.32 Å². The van der Waals surface area contributed by atoms with Crippen molar-refractivity contribution in [3.8, 4) is 0 Å². The first-order valence-electron chi connectivity index (χ1n) is 12.1. The highest BCUT2D eigenvalue weighted by atomic mass is 16.6. The molecular weight excluding hydrogens is 374 g/mol. The number of nitrogens with one attached hydrogen (secondary N) is 1. The molecule has 0 saturated heterocycles. The van der Waals surface area contributed by atoms with E-state index < -0.39 is 0 Å². The highest BCUT2D eigenvalue weighted by molar-refractivity contribution is 6.01. The summed E-state index contributed by atoms with van der Waals surface area (Å²) in [6.07, 6.45) is 13.9. The molecule has 0 aromatic heterocycles. The minimum absolute atomic E-state index is 0.0183. The summed E-state index contributed by atoms with van der Waals surface area (Å²) in [5.74, 6) is 1.95. The monoisotopic (exact) mass is 413 g/mol. The Morgan fingerprint density at radius 3 is 2.63 bits per heavy atom. The van der Waals surface area contributed by atoms with Gasteiger partial charge in [0.25, 0.3) is 0 Å². The smallest absolute Gasteiger partial charge is 0.407 e. The van der Waals surface area contributed by atoms with Crippen LogP contribution in [-0.4, -0.2) is 23.5 Å². The molecule has 3 fully saturated rings. The maximum Gasteiger partial charge on any atom is 0.407 e. The van der Waals surface area contributed by atoms with Gasteiger partial charge in [0.2, 0.25) is 0 Å². The van der Waals surface area contributed by atoms with Gasteiger partial charge in [0, 0.05) is 16.9 Å². The van der Waals surface area contributed by atoms with Gasteiger partial charge >= 0.3 is 6.09 Å². The minimum atomic E-state index is -0.366. The van der Waals surface area contributed by atoms with Crippen molar-refractivity contribution in [2.75, 3.05) is 0 Å². The Bertz CT molecular complexity index is 785. The number of carbonyl (C=O) groups is 2. The van der Waals surface area contributed by atoms with E-state index in [0.717, 1.165) is 51.4 Å². The van der Waals surface area contributed by atoms with Crippen LogP contribution >= 0.6 is 0 Å². The van der Waals surface area contributed by atoms with E-state index in [2.05, 4.69) is 39.1 Å². The van der Waals surface area contributed by atoms with Gasteiger partial charge in [-0.1, -0.05) is 39.3 Å². The van der Waals surface area contributed by atoms with Crippen molar-refractivity contribution >= 4 is 11.9 Å². The molecule has 0 radical (unpaired) electrons. The van der Waals surface area contributed by atoms with Gasteiger partial charge in [-0.15, -0.1) is 0 Å². The van der Waals surface area contributed by atoms with E-state index in [9.17, 15) is 9.59 Å². The molecule has 4 rings (SSSR count). The Morgan fingerprint density at radius 2 is 1.93 bits per heavy atom. The van der Waals surface area contributed by atoms with Crippen LogP contribution in [0.4, 0.5) is 4.79 Å². The summed E-state index contributed by atoms with van der Waals surface area (Å²) in [6, 6.07) is 0.136. The van der Waals surface area contributed by atoms with Gasteiger partial charge in [-0.2, -0.15) is 0 Å². The van der Waals surface area contributed by atoms with E-state index >= 15 is 0 Å². The number of hydrogen-bond donors (Lipinski definition) is 1. The van der Waals surface area contributed by atoms with E-state index in [1.807, 2.05) is 13.0 Å². The van der Waals surface area contributed by atoms with Crippen molar-refractivity contribution < 1.29 is 14.3 Å². The lowest BCUT2D eigenvalue weighted by atomic mass is 9.47. The lowest BCUT2D eigenvalue weighted by molar-refractivity contribution is -0.126. The molecule has 0 bridgehead atoms. The molecule has 0 aliphatic heterocycles. The van der Waals surface area contributed by atoms with Gasteiger partial charge in [-0.3, -0.25) is 4.79 Å². The average molecular weight is 414 g/mol. The Labute approximate surface area is 181 Å². The number of ether oxygens (including phenoxy) is 1. The third-order valence-corrected chi connectivity index (χ3v) is 9.68. The quantitative estimate of drug-likeness (QED) is 0.618. The maximum atomic E-state index is 12.7. The van der Waals surface area contributed by atoms with E-state index in [4.69, 9.17) is 4.74 Å². The first-order valence-corrected chi connectivity index (χ1v) is 12.1. The Morgan fingerprint density at radius 1 is 1.20 bits per heavy atom. The molecular formula is C26H39NO3. The number of fused-ring (bicyclic) bond motifs is 5. The molecule has 4 heteroatoms. The fraction of sp³-hybridized carbons (Fsp3) is 0.769. The largest absolute Gasteiger partial charge is 0.442 e. The predicted molar refractivity (Wildman–Crippen MR) is 119 cm³/mol. The second-order valence-corrected chi connectivity index (χ2v) is 10.8. The molecule has 4 aliphatic rings. The van der Waals surface area contributed by atoms with Crippen LogP contribution in [0, 0.1) is 28.6 Å². The van der Waals surface area contributed by atoms with Crippen LogP contribution in [0.25, 0.3) is 0 Å². The topological polar surface area (TPSA) is 55.4 Å². The van der Waals surface area contributed by atoms with Gasteiger partial charge in [0.1, 0.15) is 5.60 Å². The minimum Gasteiger partial charge on any atom is -0.442 e. The molecule has 4 nitrogen and oxygen atoms in total. The molecule has 4 aliphatic carbocycles. The Balaban J connectivity index is 1.59. The van der Waals surface area contributed by atoms with Gasteiger partial charge in [-0.25, -0.2) is 4.79 Å². The normalized spacial score (nSPS) is 43.2. The maximum absolute atomic E-state index is 12.7. The zero-order chi connectivity index (χ0) is 21.7. The fourth-order valence-electron chi connectivity index (χ4n) is 7.62. The summed E-state index contributed by atoms with van der Waals surface area (Å²) in [5.41, 5.74) is 1.02. The first kappa shape index (κ1) is 21.6. The van der Waals surface area contributed by atoms with Crippen LogP contribution < -0.4 is 5.32 Å². The summed E-state index contributed by atoms with van der Waals surface area (Å²) in [5, 5.41) is 3.02. The van der Waals surface area contributed by atoms with Crippen LogP contribution in [0.5, 0.6) is 0 Å². The Kier molecular flexibility index (Phi) is 5.43. The van der Waals surface area contributed by atoms with E-state index in [0.29, 0.717) is 17.8 Å². The number of alkyl carbamates (subject to hydrolysis) is 1. The number of amides is 1. The standard InChI is InChI=1S/C26H39NO3/c1-6-17(3)27-23(29)30-26(7-2)15-12-22-20-9-8-18-16-19(28)10-13-24(18,4)21(20)11-14-25(22,26)5/h10,13,16-17,20-22H,6-9,11-12,14-15H2,1-5H3,(H,27,29)/t17?,20?,21?,22?,24-,25-,26-/m0/s1. The third-order valence-electron chi connectivity index (χ3n) is 9.68. The van der Waals surface area contributed by atoms with Gasteiger partial charge in [0.15, 0.2) is 5.78 Å². The average Bonchev–Trinajstić information content (AvgIpc) is 3.01. The summed E-state index contributed by atoms with van der Waals surface area (Å²) >= 11 is 0. The number of rotatable bonds is 4. The van der Waals surface area contributed by atoms with Gasteiger partial charge in [0.05, 0.1) is 0 Å². The van der Waals surface area contributed by atoms with Crippen LogP contribution in [-0.2, 0) is 9.53 Å². The van der Waals surface area contributed by atoms with Crippen LogP contribution in [0.3, 0.4) is 0 Å². The summed E-state index contributed by atoms with van der Waals surface area (Å²) in [6.45, 7) is 11.0. The molecule has 0 heterocycles. The number of hydrogen-bond acceptors (Lipinski definition) is 3. The second-order valence-electron chi connectivity index (χ2n) is 10.8. The van der Waals surface area contributed by atoms with Crippen LogP contribution in [0.1, 0.15) is 86.0 Å². The van der Waals surface area contributed by atoms with Crippen molar-refractivity contribution in [3.05, 3.63) is 23.8 Å². The SMILES string of the molecule is CCC(C)NC(=O)O[C@@]1(CC)CCC2C3CCC4=CC(=O)C=C[C@]4(C)C3CC[C@@]21C. The van der Waals surface area contributed by atoms with Crippen molar-refractivity contribution in [3.63, 3.8) is 0 Å². The summed E-state index contributed by atoms with van der Waals surface area (Å²) in [4.78, 5) is 24.7. The van der Waals surface area contributed by atoms with E-state index in [1.54, 1.807) is 6.08 Å². The van der Waals surface area contributed by atoms with E-state index in [1.165, 1.54) is 5.57 Å². The molecule has 166 valence electrons. The molecule has 0 spiro atoms. The molecule has 1 N–H and O–H groups in total. The Hall–Kier alpha value is -1.58. The van der Waals surface area contributed by atoms with Gasteiger partial charge in [-0.05, 0) is 88.2 Å². The van der Waals surface area contributed by atoms with Crippen molar-refractivity contribution in [2.45, 2.75) is 97.6 Å². The fourth-order valence-corrected chi connectivity index (χ4v) is 7.62. The molecule has 7 atom stereocenters. The molecule has 0 aromatic rings. The summed E-state index contributed by atoms with van der Waals surface area (Å²) < 4.78 is 6.30. The molecule has 4 unspecified atom stereocenters. The van der Waals surface area contributed by atoms with Crippen molar-refractivity contribution in [2.24, 2.45) is 28.6 Å². The highest BCUT2D eigenvalue weighted by Crippen LogP contribution is 2.68. The zero-order valence-corrected chi connectivity index (χ0v) is 19.4. The lowest BCUT2D eigenvalue weighted by Crippen LogP contribution is -2.56. The van der Waals surface area contributed by atoms with E-state index in [-0.39, 0.29) is 34.3 Å². The predicted octanol–water partition coefficient (Wildman–Crippen LogP) is 5.97. The first-order chi connectivity index (χ1) is 14.2. The van der Waals surface area contributed by atoms with Gasteiger partial charge < -0.3 is 10.1 Å². The van der Waals surface area contributed by atoms with Crippen molar-refractivity contribution in [1.29, 1.82) is 0 Å².